The Morgan fingerprint density at radius 2 is 1.38 bits per heavy atom. The molecule has 0 spiro atoms. The summed E-state index contributed by atoms with van der Waals surface area (Å²) in [5.74, 6) is -1.33. The molecule has 206 valence electrons. The largest absolute Gasteiger partial charge is 0.469 e. The Labute approximate surface area is 232 Å². The lowest BCUT2D eigenvalue weighted by molar-refractivity contribution is -0.158. The van der Waals surface area contributed by atoms with E-state index in [1.165, 1.54) is 30.9 Å². The number of carbonyl (C=O) groups excluding carboxylic acids is 2. The lowest BCUT2D eigenvalue weighted by Crippen LogP contribution is -2.59. The molecule has 4 rings (SSSR count). The summed E-state index contributed by atoms with van der Waals surface area (Å²) in [4.78, 5) is 30.9. The van der Waals surface area contributed by atoms with Crippen LogP contribution in [0.1, 0.15) is 49.0 Å². The minimum Gasteiger partial charge on any atom is -0.469 e. The zero-order valence-electron chi connectivity index (χ0n) is 23.4. The number of nitrogens with zero attached hydrogens (tertiary/aromatic N) is 2. The number of esters is 2. The third kappa shape index (κ3) is 6.94. The summed E-state index contributed by atoms with van der Waals surface area (Å²) in [6.07, 6.45) is 0.156. The van der Waals surface area contributed by atoms with Crippen LogP contribution in [0.2, 0.25) is 0 Å². The monoisotopic (exact) mass is 528 g/mol. The highest BCUT2D eigenvalue weighted by molar-refractivity contribution is 5.76. The summed E-state index contributed by atoms with van der Waals surface area (Å²) in [7, 11) is 2.84. The van der Waals surface area contributed by atoms with Crippen LogP contribution >= 0.6 is 0 Å². The average Bonchev–Trinajstić information content (AvgIpc) is 2.99. The molecule has 3 aromatic rings. The molecule has 0 N–H and O–H groups in total. The van der Waals surface area contributed by atoms with Gasteiger partial charge in [-0.2, -0.15) is 0 Å². The molecule has 0 saturated carbocycles. The molecule has 1 saturated heterocycles. The summed E-state index contributed by atoms with van der Waals surface area (Å²) in [6, 6.07) is 31.1. The molecule has 1 aliphatic heterocycles. The first kappa shape index (κ1) is 28.5. The second kappa shape index (κ2) is 13.5. The number of piperidine rings is 1. The van der Waals surface area contributed by atoms with Crippen molar-refractivity contribution in [3.8, 4) is 0 Å². The highest BCUT2D eigenvalue weighted by Crippen LogP contribution is 2.39. The number of hydrogen-bond donors (Lipinski definition) is 0. The Bertz CT molecular complexity index is 1190. The van der Waals surface area contributed by atoms with E-state index in [9.17, 15) is 9.59 Å². The van der Waals surface area contributed by atoms with Crippen LogP contribution in [0.25, 0.3) is 0 Å². The van der Waals surface area contributed by atoms with Gasteiger partial charge in [-0.25, -0.2) is 0 Å². The maximum Gasteiger partial charge on any atom is 0.310 e. The van der Waals surface area contributed by atoms with Crippen LogP contribution in [0.3, 0.4) is 0 Å². The van der Waals surface area contributed by atoms with E-state index in [2.05, 4.69) is 84.3 Å². The standard InChI is InChI=1S/C33H40N2O4/c1-24(27-16-10-6-11-17-27)34-22-29(20-31(36)38-3)32(33(37)39-4)30(23-34)35(21-26-14-8-5-9-15-26)25(2)28-18-12-7-13-19-28/h5-19,24-25,29-30,32H,20-23H2,1-4H3/t24-,25-,29+,30-,32-/m1/s1. The lowest BCUT2D eigenvalue weighted by atomic mass is 9.77. The summed E-state index contributed by atoms with van der Waals surface area (Å²) in [5, 5.41) is 0. The molecule has 1 aliphatic rings. The Balaban J connectivity index is 1.79. The van der Waals surface area contributed by atoms with E-state index in [0.29, 0.717) is 19.6 Å². The van der Waals surface area contributed by atoms with Crippen molar-refractivity contribution in [3.05, 3.63) is 108 Å². The molecule has 6 heteroatoms. The molecule has 3 aromatic carbocycles. The summed E-state index contributed by atoms with van der Waals surface area (Å²) >= 11 is 0. The van der Waals surface area contributed by atoms with Crippen LogP contribution in [-0.4, -0.2) is 55.1 Å². The minimum atomic E-state index is -0.483. The summed E-state index contributed by atoms with van der Waals surface area (Å²) < 4.78 is 10.5. The maximum atomic E-state index is 13.5. The van der Waals surface area contributed by atoms with Gasteiger partial charge in [0.15, 0.2) is 0 Å². The van der Waals surface area contributed by atoms with Crippen LogP contribution in [0.4, 0.5) is 0 Å². The van der Waals surface area contributed by atoms with Crippen LogP contribution in [0.5, 0.6) is 0 Å². The molecule has 0 radical (unpaired) electrons. The molecule has 0 aromatic heterocycles. The van der Waals surface area contributed by atoms with Crippen molar-refractivity contribution in [2.45, 2.75) is 44.9 Å². The van der Waals surface area contributed by atoms with Crippen LogP contribution in [-0.2, 0) is 25.6 Å². The fraction of sp³-hybridized carbons (Fsp3) is 0.394. The summed E-state index contributed by atoms with van der Waals surface area (Å²) in [6.45, 7) is 6.31. The molecular formula is C33H40N2O4. The van der Waals surface area contributed by atoms with Gasteiger partial charge in [0.2, 0.25) is 0 Å². The first-order chi connectivity index (χ1) is 18.9. The molecule has 5 atom stereocenters. The number of rotatable bonds is 10. The van der Waals surface area contributed by atoms with Crippen LogP contribution in [0.15, 0.2) is 91.0 Å². The van der Waals surface area contributed by atoms with E-state index in [1.54, 1.807) is 0 Å². The van der Waals surface area contributed by atoms with Gasteiger partial charge in [-0.05, 0) is 36.5 Å². The number of carbonyl (C=O) groups is 2. The fourth-order valence-electron chi connectivity index (χ4n) is 5.96. The van der Waals surface area contributed by atoms with Gasteiger partial charge >= 0.3 is 11.9 Å². The lowest BCUT2D eigenvalue weighted by Gasteiger charge is -2.50. The predicted molar refractivity (Wildman–Crippen MR) is 153 cm³/mol. The van der Waals surface area contributed by atoms with Gasteiger partial charge in [0.25, 0.3) is 0 Å². The van der Waals surface area contributed by atoms with Crippen molar-refractivity contribution in [2.24, 2.45) is 11.8 Å². The van der Waals surface area contributed by atoms with E-state index in [0.717, 1.165) is 0 Å². The molecule has 0 bridgehead atoms. The second-order valence-corrected chi connectivity index (χ2v) is 10.4. The zero-order valence-corrected chi connectivity index (χ0v) is 23.4. The van der Waals surface area contributed by atoms with Crippen molar-refractivity contribution in [2.75, 3.05) is 27.3 Å². The average molecular weight is 529 g/mol. The molecule has 6 nitrogen and oxygen atoms in total. The first-order valence-corrected chi connectivity index (χ1v) is 13.7. The van der Waals surface area contributed by atoms with E-state index in [-0.39, 0.29) is 42.4 Å². The Morgan fingerprint density at radius 3 is 1.95 bits per heavy atom. The van der Waals surface area contributed by atoms with Gasteiger partial charge in [0, 0.05) is 37.8 Å². The van der Waals surface area contributed by atoms with Crippen molar-refractivity contribution < 1.29 is 19.1 Å². The number of methoxy groups -OCH3 is 2. The Hall–Kier alpha value is -3.48. The molecule has 1 heterocycles. The first-order valence-electron chi connectivity index (χ1n) is 13.7. The van der Waals surface area contributed by atoms with Crippen LogP contribution < -0.4 is 0 Å². The topological polar surface area (TPSA) is 59.1 Å². The highest BCUT2D eigenvalue weighted by Gasteiger charge is 2.47. The Morgan fingerprint density at radius 1 is 0.821 bits per heavy atom. The van der Waals surface area contributed by atoms with E-state index in [4.69, 9.17) is 9.47 Å². The number of hydrogen-bond acceptors (Lipinski definition) is 6. The van der Waals surface area contributed by atoms with Crippen molar-refractivity contribution in [1.29, 1.82) is 0 Å². The van der Waals surface area contributed by atoms with E-state index < -0.39 is 5.92 Å². The molecule has 39 heavy (non-hydrogen) atoms. The van der Waals surface area contributed by atoms with Gasteiger partial charge in [0.1, 0.15) is 0 Å². The highest BCUT2D eigenvalue weighted by atomic mass is 16.5. The Kier molecular flexibility index (Phi) is 9.90. The van der Waals surface area contributed by atoms with Crippen molar-refractivity contribution in [3.63, 3.8) is 0 Å². The number of ether oxygens (including phenoxy) is 2. The van der Waals surface area contributed by atoms with Gasteiger partial charge in [-0.1, -0.05) is 91.0 Å². The summed E-state index contributed by atoms with van der Waals surface area (Å²) in [5.41, 5.74) is 3.55. The number of likely N-dealkylation sites (tertiary alicyclic amines) is 1. The fourth-order valence-corrected chi connectivity index (χ4v) is 5.96. The predicted octanol–water partition coefficient (Wildman–Crippen LogP) is 5.66. The minimum absolute atomic E-state index is 0.0225. The maximum absolute atomic E-state index is 13.5. The van der Waals surface area contributed by atoms with Gasteiger partial charge in [-0.3, -0.25) is 19.4 Å². The van der Waals surface area contributed by atoms with Crippen molar-refractivity contribution >= 4 is 11.9 Å². The third-order valence-electron chi connectivity index (χ3n) is 8.19. The molecule has 0 unspecified atom stereocenters. The van der Waals surface area contributed by atoms with Gasteiger partial charge in [0.05, 0.1) is 26.6 Å². The van der Waals surface area contributed by atoms with E-state index >= 15 is 0 Å². The number of benzene rings is 3. The van der Waals surface area contributed by atoms with E-state index in [1.807, 2.05) is 30.3 Å². The van der Waals surface area contributed by atoms with Crippen molar-refractivity contribution in [1.82, 2.24) is 9.80 Å². The molecular weight excluding hydrogens is 488 g/mol. The van der Waals surface area contributed by atoms with Crippen LogP contribution in [0, 0.1) is 11.8 Å². The smallest absolute Gasteiger partial charge is 0.310 e. The van der Waals surface area contributed by atoms with Gasteiger partial charge in [-0.15, -0.1) is 0 Å². The molecule has 1 fully saturated rings. The molecule has 0 amide bonds. The third-order valence-corrected chi connectivity index (χ3v) is 8.19. The zero-order chi connectivity index (χ0) is 27.8. The molecule has 0 aliphatic carbocycles. The SMILES string of the molecule is COC(=O)C[C@H]1CN([C@H](C)c2ccccc2)C[C@@H](N(Cc2ccccc2)[C@H](C)c2ccccc2)[C@@H]1C(=O)OC. The second-order valence-electron chi connectivity index (χ2n) is 10.4. The normalized spacial score (nSPS) is 21.2. The quantitative estimate of drug-likeness (QED) is 0.316. The van der Waals surface area contributed by atoms with Gasteiger partial charge < -0.3 is 9.47 Å².